The molecule has 0 saturated carbocycles. The average molecular weight is 302 g/mol. The zero-order chi connectivity index (χ0) is 16.5. The average Bonchev–Trinajstić information content (AvgIpc) is 2.72. The summed E-state index contributed by atoms with van der Waals surface area (Å²) in [6, 6.07) is 9.06. The molecule has 5 heteroatoms. The van der Waals surface area contributed by atoms with Crippen LogP contribution in [0, 0.1) is 11.3 Å². The normalized spacial score (nSPS) is 20.5. The van der Waals surface area contributed by atoms with E-state index in [1.807, 2.05) is 46.8 Å². The van der Waals surface area contributed by atoms with Gasteiger partial charge in [0.05, 0.1) is 24.3 Å². The lowest BCUT2D eigenvalue weighted by molar-refractivity contribution is -0.0626. The van der Waals surface area contributed by atoms with Crippen LogP contribution >= 0.6 is 0 Å². The zero-order valence-electron chi connectivity index (χ0n) is 13.7. The number of nitriles is 1. The Morgan fingerprint density at radius 1 is 1.36 bits per heavy atom. The van der Waals surface area contributed by atoms with Gasteiger partial charge in [-0.2, -0.15) is 5.26 Å². The number of rotatable bonds is 1. The van der Waals surface area contributed by atoms with E-state index in [9.17, 15) is 4.79 Å². The second-order valence-corrected chi connectivity index (χ2v) is 6.86. The lowest BCUT2D eigenvalue weighted by Gasteiger charge is -2.35. The molecule has 0 spiro atoms. The predicted molar refractivity (Wildman–Crippen MR) is 82.0 cm³/mol. The molecule has 0 aromatic heterocycles. The van der Waals surface area contributed by atoms with Crippen LogP contribution in [0.4, 0.5) is 4.79 Å². The molecule has 0 bridgehead atoms. The highest BCUT2D eigenvalue weighted by atomic mass is 16.6. The molecule has 22 heavy (non-hydrogen) atoms. The third kappa shape index (κ3) is 3.40. The van der Waals surface area contributed by atoms with E-state index in [2.05, 4.69) is 6.07 Å². The fourth-order valence-electron chi connectivity index (χ4n) is 2.49. The minimum absolute atomic E-state index is 0.224. The molecule has 1 heterocycles. The third-order valence-corrected chi connectivity index (χ3v) is 3.50. The van der Waals surface area contributed by atoms with Crippen molar-refractivity contribution >= 4 is 6.09 Å². The summed E-state index contributed by atoms with van der Waals surface area (Å²) in [5.41, 5.74) is 0.215. The van der Waals surface area contributed by atoms with Gasteiger partial charge in [-0.15, -0.1) is 0 Å². The highest BCUT2D eigenvalue weighted by molar-refractivity contribution is 5.70. The van der Waals surface area contributed by atoms with Crippen LogP contribution in [0.25, 0.3) is 0 Å². The first-order chi connectivity index (χ1) is 10.1. The van der Waals surface area contributed by atoms with Gasteiger partial charge in [-0.3, -0.25) is 4.90 Å². The highest BCUT2D eigenvalue weighted by Gasteiger charge is 2.46. The van der Waals surface area contributed by atoms with Crippen LogP contribution in [0.15, 0.2) is 24.3 Å². The Hall–Kier alpha value is -2.06. The standard InChI is InChI=1S/C17H22N2O3/c1-16(2,3)22-15(20)19-14(11-21-17(19,4)5)13-8-6-12(10-18)7-9-13/h6-9,14H,11H2,1-5H3/t14-/m1/s1. The van der Waals surface area contributed by atoms with Crippen LogP contribution < -0.4 is 0 Å². The summed E-state index contributed by atoms with van der Waals surface area (Å²) in [7, 11) is 0. The van der Waals surface area contributed by atoms with E-state index in [4.69, 9.17) is 14.7 Å². The van der Waals surface area contributed by atoms with Crippen molar-refractivity contribution in [1.29, 1.82) is 5.26 Å². The van der Waals surface area contributed by atoms with Crippen LogP contribution in [0.5, 0.6) is 0 Å². The van der Waals surface area contributed by atoms with Crippen molar-refractivity contribution in [3.05, 3.63) is 35.4 Å². The molecule has 1 aliphatic heterocycles. The van der Waals surface area contributed by atoms with E-state index in [1.54, 1.807) is 17.0 Å². The molecule has 118 valence electrons. The van der Waals surface area contributed by atoms with Crippen molar-refractivity contribution in [3.8, 4) is 6.07 Å². The lowest BCUT2D eigenvalue weighted by Crippen LogP contribution is -2.47. The van der Waals surface area contributed by atoms with E-state index >= 15 is 0 Å². The van der Waals surface area contributed by atoms with Gasteiger partial charge in [0.15, 0.2) is 0 Å². The number of amides is 1. The van der Waals surface area contributed by atoms with Crippen molar-refractivity contribution in [2.45, 2.75) is 52.0 Å². The molecule has 1 fully saturated rings. The first-order valence-electron chi connectivity index (χ1n) is 7.30. The van der Waals surface area contributed by atoms with Crippen LogP contribution in [-0.4, -0.2) is 28.9 Å². The van der Waals surface area contributed by atoms with Gasteiger partial charge in [-0.1, -0.05) is 12.1 Å². The molecule has 2 rings (SSSR count). The molecular weight excluding hydrogens is 280 g/mol. The summed E-state index contributed by atoms with van der Waals surface area (Å²) in [4.78, 5) is 14.2. The molecule has 1 atom stereocenters. The summed E-state index contributed by atoms with van der Waals surface area (Å²) in [6.07, 6.45) is -0.399. The van der Waals surface area contributed by atoms with Gasteiger partial charge < -0.3 is 9.47 Å². The number of nitrogens with zero attached hydrogens (tertiary/aromatic N) is 2. The van der Waals surface area contributed by atoms with Crippen molar-refractivity contribution in [2.24, 2.45) is 0 Å². The maximum absolute atomic E-state index is 12.6. The lowest BCUT2D eigenvalue weighted by atomic mass is 10.0. The SMILES string of the molecule is CC(C)(C)OC(=O)N1[C@@H](c2ccc(C#N)cc2)COC1(C)C. The Labute approximate surface area is 131 Å². The first kappa shape index (κ1) is 16.3. The second-order valence-electron chi connectivity index (χ2n) is 6.86. The largest absolute Gasteiger partial charge is 0.444 e. The predicted octanol–water partition coefficient (Wildman–Crippen LogP) is 3.60. The Morgan fingerprint density at radius 2 is 1.95 bits per heavy atom. The van der Waals surface area contributed by atoms with Crippen LogP contribution in [0.3, 0.4) is 0 Å². The number of carbonyl (C=O) groups excluding carboxylic acids is 1. The number of ether oxygens (including phenoxy) is 2. The van der Waals surface area contributed by atoms with Gasteiger partial charge >= 0.3 is 6.09 Å². The fourth-order valence-corrected chi connectivity index (χ4v) is 2.49. The first-order valence-corrected chi connectivity index (χ1v) is 7.30. The van der Waals surface area contributed by atoms with Gasteiger partial charge in [0.1, 0.15) is 11.3 Å². The van der Waals surface area contributed by atoms with E-state index in [0.29, 0.717) is 12.2 Å². The molecule has 1 aromatic rings. The fraction of sp³-hybridized carbons (Fsp3) is 0.529. The summed E-state index contributed by atoms with van der Waals surface area (Å²) in [6.45, 7) is 9.61. The minimum Gasteiger partial charge on any atom is -0.444 e. The van der Waals surface area contributed by atoms with Crippen LogP contribution in [0.1, 0.15) is 51.8 Å². The van der Waals surface area contributed by atoms with E-state index in [0.717, 1.165) is 5.56 Å². The number of carbonyl (C=O) groups is 1. The third-order valence-electron chi connectivity index (χ3n) is 3.50. The van der Waals surface area contributed by atoms with E-state index < -0.39 is 17.4 Å². The summed E-state index contributed by atoms with van der Waals surface area (Å²) in [5.74, 6) is 0. The Bertz CT molecular complexity index is 594. The Kier molecular flexibility index (Phi) is 4.17. The van der Waals surface area contributed by atoms with Gasteiger partial charge in [-0.25, -0.2) is 4.79 Å². The smallest absolute Gasteiger partial charge is 0.413 e. The molecule has 1 aliphatic rings. The summed E-state index contributed by atoms with van der Waals surface area (Å²) < 4.78 is 11.3. The van der Waals surface area contributed by atoms with Gasteiger partial charge in [0.25, 0.3) is 0 Å². The number of hydrogen-bond acceptors (Lipinski definition) is 4. The molecule has 0 N–H and O–H groups in total. The number of hydrogen-bond donors (Lipinski definition) is 0. The van der Waals surface area contributed by atoms with Crippen LogP contribution in [0.2, 0.25) is 0 Å². The second kappa shape index (κ2) is 5.62. The van der Waals surface area contributed by atoms with Gasteiger partial charge in [-0.05, 0) is 52.3 Å². The van der Waals surface area contributed by atoms with Gasteiger partial charge in [0, 0.05) is 0 Å². The maximum Gasteiger partial charge on any atom is 0.413 e. The Morgan fingerprint density at radius 3 is 2.45 bits per heavy atom. The zero-order valence-corrected chi connectivity index (χ0v) is 13.7. The van der Waals surface area contributed by atoms with Crippen molar-refractivity contribution in [2.75, 3.05) is 6.61 Å². The van der Waals surface area contributed by atoms with E-state index in [-0.39, 0.29) is 6.04 Å². The summed E-state index contributed by atoms with van der Waals surface area (Å²) >= 11 is 0. The molecule has 1 aromatic carbocycles. The van der Waals surface area contributed by atoms with E-state index in [1.165, 1.54) is 0 Å². The molecule has 0 aliphatic carbocycles. The molecule has 5 nitrogen and oxygen atoms in total. The topological polar surface area (TPSA) is 62.6 Å². The monoisotopic (exact) mass is 302 g/mol. The quantitative estimate of drug-likeness (QED) is 0.795. The summed E-state index contributed by atoms with van der Waals surface area (Å²) in [5, 5.41) is 8.89. The van der Waals surface area contributed by atoms with Crippen molar-refractivity contribution in [1.82, 2.24) is 4.90 Å². The van der Waals surface area contributed by atoms with Gasteiger partial charge in [0.2, 0.25) is 0 Å². The Balaban J connectivity index is 2.29. The molecular formula is C17H22N2O3. The minimum atomic E-state index is -0.735. The highest BCUT2D eigenvalue weighted by Crippen LogP contribution is 2.37. The maximum atomic E-state index is 12.6. The van der Waals surface area contributed by atoms with Crippen molar-refractivity contribution < 1.29 is 14.3 Å². The number of benzene rings is 1. The molecule has 0 unspecified atom stereocenters. The van der Waals surface area contributed by atoms with Crippen LogP contribution in [-0.2, 0) is 9.47 Å². The molecule has 0 radical (unpaired) electrons. The molecule has 1 saturated heterocycles. The van der Waals surface area contributed by atoms with Crippen molar-refractivity contribution in [3.63, 3.8) is 0 Å². The molecule has 1 amide bonds.